The smallest absolute Gasteiger partial charge is 0.230 e. The molecule has 5 heteroatoms. The molecule has 1 unspecified atom stereocenters. The first-order chi connectivity index (χ1) is 10.1. The SMILES string of the molecule is CCCCC(CC)c1noc(N)c1-c1c(F)cccc1Cl. The lowest BCUT2D eigenvalue weighted by molar-refractivity contribution is 0.412. The third-order valence-corrected chi connectivity index (χ3v) is 4.06. The Morgan fingerprint density at radius 2 is 2.10 bits per heavy atom. The molecule has 2 N–H and O–H groups in total. The fourth-order valence-corrected chi connectivity index (χ4v) is 2.82. The molecule has 0 amide bonds. The molecule has 1 heterocycles. The molecule has 1 aromatic carbocycles. The van der Waals surface area contributed by atoms with Crippen LogP contribution in [-0.2, 0) is 0 Å². The molecule has 0 radical (unpaired) electrons. The molecule has 2 aromatic rings. The predicted molar refractivity (Wildman–Crippen MR) is 83.9 cm³/mol. The van der Waals surface area contributed by atoms with Crippen LogP contribution in [-0.4, -0.2) is 5.16 Å². The lowest BCUT2D eigenvalue weighted by Gasteiger charge is -2.14. The first kappa shape index (κ1) is 15.8. The summed E-state index contributed by atoms with van der Waals surface area (Å²) < 4.78 is 19.3. The van der Waals surface area contributed by atoms with Gasteiger partial charge in [-0.15, -0.1) is 0 Å². The minimum absolute atomic E-state index is 0.118. The number of unbranched alkanes of at least 4 members (excludes halogenated alkanes) is 1. The summed E-state index contributed by atoms with van der Waals surface area (Å²) >= 11 is 6.15. The zero-order chi connectivity index (χ0) is 15.4. The Kier molecular flexibility index (Phi) is 5.23. The number of nitrogens with two attached hydrogens (primary N) is 1. The van der Waals surface area contributed by atoms with Crippen LogP contribution in [0, 0.1) is 5.82 Å². The van der Waals surface area contributed by atoms with Crippen molar-refractivity contribution in [2.24, 2.45) is 0 Å². The maximum absolute atomic E-state index is 14.2. The molecule has 0 saturated carbocycles. The molecule has 1 aromatic heterocycles. The fourth-order valence-electron chi connectivity index (χ4n) is 2.57. The van der Waals surface area contributed by atoms with Crippen LogP contribution in [0.15, 0.2) is 22.7 Å². The molecule has 0 aliphatic rings. The van der Waals surface area contributed by atoms with Gasteiger partial charge in [0.1, 0.15) is 5.82 Å². The van der Waals surface area contributed by atoms with Gasteiger partial charge in [0.2, 0.25) is 5.88 Å². The highest BCUT2D eigenvalue weighted by molar-refractivity contribution is 6.33. The monoisotopic (exact) mass is 310 g/mol. The van der Waals surface area contributed by atoms with E-state index in [-0.39, 0.29) is 17.4 Å². The summed E-state index contributed by atoms with van der Waals surface area (Å²) in [6.45, 7) is 4.22. The van der Waals surface area contributed by atoms with Gasteiger partial charge in [-0.2, -0.15) is 0 Å². The molecular formula is C16H20ClFN2O. The van der Waals surface area contributed by atoms with Gasteiger partial charge in [0, 0.05) is 11.5 Å². The molecular weight excluding hydrogens is 291 g/mol. The average Bonchev–Trinajstić information content (AvgIpc) is 2.82. The summed E-state index contributed by atoms with van der Waals surface area (Å²) in [7, 11) is 0. The van der Waals surface area contributed by atoms with Crippen LogP contribution in [0.5, 0.6) is 0 Å². The van der Waals surface area contributed by atoms with Gasteiger partial charge < -0.3 is 10.3 Å². The number of halogens is 2. The van der Waals surface area contributed by atoms with Crippen LogP contribution in [0.1, 0.15) is 51.1 Å². The number of anilines is 1. The lowest BCUT2D eigenvalue weighted by atomic mass is 9.90. The van der Waals surface area contributed by atoms with E-state index in [0.717, 1.165) is 25.7 Å². The Morgan fingerprint density at radius 1 is 1.33 bits per heavy atom. The number of hydrogen-bond donors (Lipinski definition) is 1. The summed E-state index contributed by atoms with van der Waals surface area (Å²) in [5.41, 5.74) is 7.36. The minimum Gasteiger partial charge on any atom is -0.367 e. The van der Waals surface area contributed by atoms with E-state index < -0.39 is 5.82 Å². The highest BCUT2D eigenvalue weighted by Crippen LogP contribution is 2.41. The summed E-state index contributed by atoms with van der Waals surface area (Å²) in [6, 6.07) is 4.58. The molecule has 3 nitrogen and oxygen atoms in total. The maximum atomic E-state index is 14.2. The fraction of sp³-hybridized carbons (Fsp3) is 0.438. The van der Waals surface area contributed by atoms with Gasteiger partial charge in [-0.3, -0.25) is 0 Å². The van der Waals surface area contributed by atoms with Crippen LogP contribution in [0.4, 0.5) is 10.3 Å². The number of benzene rings is 1. The number of nitrogens with zero attached hydrogens (tertiary/aromatic N) is 1. The third kappa shape index (κ3) is 3.21. The Morgan fingerprint density at radius 3 is 2.71 bits per heavy atom. The number of rotatable bonds is 6. The molecule has 0 bridgehead atoms. The second-order valence-electron chi connectivity index (χ2n) is 5.15. The van der Waals surface area contributed by atoms with E-state index in [9.17, 15) is 4.39 Å². The van der Waals surface area contributed by atoms with Crippen LogP contribution in [0.3, 0.4) is 0 Å². The highest BCUT2D eigenvalue weighted by Gasteiger charge is 2.25. The molecule has 1 atom stereocenters. The van der Waals surface area contributed by atoms with Crippen LogP contribution in [0.25, 0.3) is 11.1 Å². The van der Waals surface area contributed by atoms with Gasteiger partial charge in [-0.1, -0.05) is 49.5 Å². The maximum Gasteiger partial charge on any atom is 0.230 e. The number of nitrogen functional groups attached to an aromatic ring is 1. The highest BCUT2D eigenvalue weighted by atomic mass is 35.5. The zero-order valence-electron chi connectivity index (χ0n) is 12.3. The van der Waals surface area contributed by atoms with Crippen LogP contribution < -0.4 is 5.73 Å². The van der Waals surface area contributed by atoms with Crippen molar-refractivity contribution in [2.75, 3.05) is 5.73 Å². The minimum atomic E-state index is -0.413. The lowest BCUT2D eigenvalue weighted by Crippen LogP contribution is -2.02. The molecule has 2 rings (SSSR count). The normalized spacial score (nSPS) is 12.6. The van der Waals surface area contributed by atoms with E-state index in [1.165, 1.54) is 6.07 Å². The number of aromatic nitrogens is 1. The van der Waals surface area contributed by atoms with E-state index in [2.05, 4.69) is 19.0 Å². The summed E-state index contributed by atoms with van der Waals surface area (Å²) in [6.07, 6.45) is 4.04. The second kappa shape index (κ2) is 6.94. The van der Waals surface area contributed by atoms with E-state index in [4.69, 9.17) is 21.9 Å². The predicted octanol–water partition coefficient (Wildman–Crippen LogP) is 5.40. The molecule has 21 heavy (non-hydrogen) atoms. The van der Waals surface area contributed by atoms with Crippen LogP contribution in [0.2, 0.25) is 5.02 Å². The van der Waals surface area contributed by atoms with Crippen molar-refractivity contribution in [3.63, 3.8) is 0 Å². The Labute approximate surface area is 129 Å². The first-order valence-corrected chi connectivity index (χ1v) is 7.67. The molecule has 0 saturated heterocycles. The van der Waals surface area contributed by atoms with Gasteiger partial charge in [-0.05, 0) is 25.0 Å². The van der Waals surface area contributed by atoms with Crippen molar-refractivity contribution in [1.29, 1.82) is 0 Å². The van der Waals surface area contributed by atoms with Gasteiger partial charge in [0.05, 0.1) is 16.3 Å². The first-order valence-electron chi connectivity index (χ1n) is 7.29. The largest absolute Gasteiger partial charge is 0.367 e. The van der Waals surface area contributed by atoms with E-state index in [1.807, 2.05) is 0 Å². The Hall–Kier alpha value is -1.55. The Balaban J connectivity index is 2.52. The quantitative estimate of drug-likeness (QED) is 0.777. The average molecular weight is 311 g/mol. The van der Waals surface area contributed by atoms with Gasteiger partial charge in [-0.25, -0.2) is 4.39 Å². The van der Waals surface area contributed by atoms with E-state index in [0.29, 0.717) is 16.3 Å². The van der Waals surface area contributed by atoms with Crippen LogP contribution >= 0.6 is 11.6 Å². The van der Waals surface area contributed by atoms with Gasteiger partial charge >= 0.3 is 0 Å². The standard InChI is InChI=1S/C16H20ClFN2O/c1-3-5-7-10(4-2)15-14(16(19)21-20-15)13-11(17)8-6-9-12(13)18/h6,8-10H,3-5,7,19H2,1-2H3. The van der Waals surface area contributed by atoms with Crippen molar-refractivity contribution in [3.8, 4) is 11.1 Å². The third-order valence-electron chi connectivity index (χ3n) is 3.74. The summed E-state index contributed by atoms with van der Waals surface area (Å²) in [5, 5.41) is 4.39. The van der Waals surface area contributed by atoms with E-state index in [1.54, 1.807) is 12.1 Å². The summed E-state index contributed by atoms with van der Waals surface area (Å²) in [4.78, 5) is 0. The van der Waals surface area contributed by atoms with Crippen molar-refractivity contribution < 1.29 is 8.91 Å². The molecule has 0 spiro atoms. The zero-order valence-corrected chi connectivity index (χ0v) is 13.1. The van der Waals surface area contributed by atoms with Crippen molar-refractivity contribution >= 4 is 17.5 Å². The number of hydrogen-bond acceptors (Lipinski definition) is 3. The molecule has 0 aliphatic carbocycles. The topological polar surface area (TPSA) is 52.0 Å². The Bertz CT molecular complexity index is 592. The van der Waals surface area contributed by atoms with E-state index >= 15 is 0 Å². The van der Waals surface area contributed by atoms with Crippen molar-refractivity contribution in [1.82, 2.24) is 5.16 Å². The second-order valence-corrected chi connectivity index (χ2v) is 5.56. The molecule has 114 valence electrons. The van der Waals surface area contributed by atoms with Crippen molar-refractivity contribution in [2.45, 2.75) is 45.4 Å². The molecule has 0 fully saturated rings. The summed E-state index contributed by atoms with van der Waals surface area (Å²) in [5.74, 6) is -0.104. The molecule has 0 aliphatic heterocycles. The van der Waals surface area contributed by atoms with Gasteiger partial charge in [0.15, 0.2) is 0 Å². The van der Waals surface area contributed by atoms with Crippen molar-refractivity contribution in [3.05, 3.63) is 34.7 Å². The van der Waals surface area contributed by atoms with Gasteiger partial charge in [0.25, 0.3) is 0 Å².